The standard InChI is InChI=1S/C58H38N2/c1-2-15-43(16-3-1)59(44-32-26-39(27-33-44)42-31-36-52-50-21-7-6-19-48(50)49-20-8-9-22-51(49)55(52)38-42)45-34-28-41(29-35-45)46-17-10-12-24-56(46)60-57-25-13-11-23-53(57)54-37-30-40-14-4-5-18-47(40)58(54)60/h1-38H. The number of anilines is 3. The molecule has 12 rings (SSSR count). The summed E-state index contributed by atoms with van der Waals surface area (Å²) in [5, 5.41) is 12.8. The summed E-state index contributed by atoms with van der Waals surface area (Å²) < 4.78 is 2.47. The van der Waals surface area contributed by atoms with Gasteiger partial charge in [-0.25, -0.2) is 0 Å². The molecule has 0 aliphatic rings. The van der Waals surface area contributed by atoms with E-state index in [0.717, 1.165) is 22.7 Å². The maximum atomic E-state index is 2.47. The molecular weight excluding hydrogens is 725 g/mol. The summed E-state index contributed by atoms with van der Waals surface area (Å²) in [4.78, 5) is 2.35. The van der Waals surface area contributed by atoms with Gasteiger partial charge in [-0.1, -0.05) is 176 Å². The largest absolute Gasteiger partial charge is 0.311 e. The minimum absolute atomic E-state index is 1.10. The van der Waals surface area contributed by atoms with E-state index in [9.17, 15) is 0 Å². The average molecular weight is 763 g/mol. The molecule has 0 atom stereocenters. The van der Waals surface area contributed by atoms with Gasteiger partial charge in [0.1, 0.15) is 0 Å². The van der Waals surface area contributed by atoms with Crippen LogP contribution in [-0.4, -0.2) is 4.57 Å². The van der Waals surface area contributed by atoms with Gasteiger partial charge in [-0.3, -0.25) is 0 Å². The molecule has 2 heteroatoms. The number of hydrogen-bond donors (Lipinski definition) is 0. The molecule has 0 aliphatic heterocycles. The number of fused-ring (bicyclic) bond motifs is 11. The molecule has 0 N–H and O–H groups in total. The van der Waals surface area contributed by atoms with Crippen molar-refractivity contribution in [2.75, 3.05) is 4.90 Å². The third-order valence-corrected chi connectivity index (χ3v) is 12.4. The summed E-state index contributed by atoms with van der Waals surface area (Å²) in [7, 11) is 0. The van der Waals surface area contributed by atoms with E-state index in [2.05, 4.69) is 240 Å². The van der Waals surface area contributed by atoms with Crippen molar-refractivity contribution in [1.82, 2.24) is 4.57 Å². The summed E-state index contributed by atoms with van der Waals surface area (Å²) in [5.74, 6) is 0. The Balaban J connectivity index is 0.941. The van der Waals surface area contributed by atoms with Crippen LogP contribution in [-0.2, 0) is 0 Å². The maximum absolute atomic E-state index is 2.47. The highest BCUT2D eigenvalue weighted by atomic mass is 15.1. The van der Waals surface area contributed by atoms with Crippen molar-refractivity contribution in [3.63, 3.8) is 0 Å². The Labute approximate surface area is 348 Å². The van der Waals surface area contributed by atoms with Crippen molar-refractivity contribution < 1.29 is 0 Å². The number of benzene rings is 11. The molecule has 0 spiro atoms. The van der Waals surface area contributed by atoms with Crippen LogP contribution in [0.5, 0.6) is 0 Å². The normalized spacial score (nSPS) is 11.7. The van der Waals surface area contributed by atoms with Crippen LogP contribution in [0.1, 0.15) is 0 Å². The minimum atomic E-state index is 1.10. The molecule has 0 aliphatic carbocycles. The molecule has 1 aromatic heterocycles. The third kappa shape index (κ3) is 5.42. The predicted molar refractivity (Wildman–Crippen MR) is 256 cm³/mol. The maximum Gasteiger partial charge on any atom is 0.0619 e. The zero-order valence-corrected chi connectivity index (χ0v) is 32.8. The number of para-hydroxylation sites is 3. The van der Waals surface area contributed by atoms with Crippen LogP contribution in [0.15, 0.2) is 231 Å². The van der Waals surface area contributed by atoms with Gasteiger partial charge in [-0.2, -0.15) is 0 Å². The molecule has 1 heterocycles. The van der Waals surface area contributed by atoms with Crippen molar-refractivity contribution in [3.8, 4) is 27.9 Å². The molecule has 0 unspecified atom stereocenters. The first-order chi connectivity index (χ1) is 29.8. The molecule has 0 saturated carbocycles. The molecule has 11 aromatic carbocycles. The van der Waals surface area contributed by atoms with Gasteiger partial charge in [0.05, 0.1) is 16.7 Å². The fourth-order valence-electron chi connectivity index (χ4n) is 9.60. The molecule has 2 nitrogen and oxygen atoms in total. The Morgan fingerprint density at radius 2 is 0.767 bits per heavy atom. The first kappa shape index (κ1) is 34.1. The Morgan fingerprint density at radius 3 is 1.47 bits per heavy atom. The molecule has 60 heavy (non-hydrogen) atoms. The topological polar surface area (TPSA) is 8.17 Å². The van der Waals surface area contributed by atoms with Gasteiger partial charge in [-0.05, 0) is 109 Å². The second-order valence-corrected chi connectivity index (χ2v) is 15.7. The van der Waals surface area contributed by atoms with E-state index in [-0.39, 0.29) is 0 Å². The van der Waals surface area contributed by atoms with Gasteiger partial charge < -0.3 is 9.47 Å². The van der Waals surface area contributed by atoms with Crippen molar-refractivity contribution in [2.45, 2.75) is 0 Å². The zero-order valence-electron chi connectivity index (χ0n) is 32.8. The minimum Gasteiger partial charge on any atom is -0.311 e. The van der Waals surface area contributed by atoms with E-state index >= 15 is 0 Å². The molecule has 0 saturated heterocycles. The van der Waals surface area contributed by atoms with Crippen LogP contribution >= 0.6 is 0 Å². The first-order valence-electron chi connectivity index (χ1n) is 20.7. The summed E-state index contributed by atoms with van der Waals surface area (Å²) in [6.45, 7) is 0. The van der Waals surface area contributed by atoms with Crippen molar-refractivity contribution >= 4 is 82.0 Å². The van der Waals surface area contributed by atoms with Crippen LogP contribution in [0, 0.1) is 0 Å². The van der Waals surface area contributed by atoms with Crippen LogP contribution in [0.25, 0.3) is 92.8 Å². The summed E-state index contributed by atoms with van der Waals surface area (Å²) >= 11 is 0. The van der Waals surface area contributed by atoms with Crippen LogP contribution in [0.2, 0.25) is 0 Å². The van der Waals surface area contributed by atoms with Gasteiger partial charge in [0, 0.05) is 38.8 Å². The SMILES string of the molecule is c1ccc(N(c2ccc(-c3ccc4c5ccccc5c5ccccc5c4c3)cc2)c2ccc(-c3ccccc3-n3c4ccccc4c4ccc5ccccc5c43)cc2)cc1. The van der Waals surface area contributed by atoms with E-state index in [1.165, 1.54) is 87.1 Å². The van der Waals surface area contributed by atoms with Crippen LogP contribution in [0.3, 0.4) is 0 Å². The zero-order chi connectivity index (χ0) is 39.6. The highest BCUT2D eigenvalue weighted by Gasteiger charge is 2.19. The lowest BCUT2D eigenvalue weighted by Gasteiger charge is -2.26. The fraction of sp³-hybridized carbons (Fsp3) is 0. The Morgan fingerprint density at radius 1 is 0.283 bits per heavy atom. The lowest BCUT2D eigenvalue weighted by Crippen LogP contribution is -2.09. The van der Waals surface area contributed by atoms with E-state index in [0.29, 0.717) is 0 Å². The molecule has 0 fully saturated rings. The molecule has 280 valence electrons. The summed E-state index contributed by atoms with van der Waals surface area (Å²) in [6, 6.07) is 84.1. The summed E-state index contributed by atoms with van der Waals surface area (Å²) in [6.07, 6.45) is 0. The average Bonchev–Trinajstić information content (AvgIpc) is 3.67. The third-order valence-electron chi connectivity index (χ3n) is 12.4. The van der Waals surface area contributed by atoms with Gasteiger partial charge in [0.2, 0.25) is 0 Å². The molecule has 12 aromatic rings. The fourth-order valence-corrected chi connectivity index (χ4v) is 9.60. The molecular formula is C58H38N2. The monoisotopic (exact) mass is 762 g/mol. The highest BCUT2D eigenvalue weighted by molar-refractivity contribution is 6.26. The second kappa shape index (κ2) is 13.9. The Bertz CT molecular complexity index is 3550. The van der Waals surface area contributed by atoms with E-state index in [4.69, 9.17) is 0 Å². The quantitative estimate of drug-likeness (QED) is 0.153. The summed E-state index contributed by atoms with van der Waals surface area (Å²) in [5.41, 5.74) is 11.7. The lowest BCUT2D eigenvalue weighted by atomic mass is 9.92. The lowest BCUT2D eigenvalue weighted by molar-refractivity contribution is 1.19. The molecule has 0 bridgehead atoms. The van der Waals surface area contributed by atoms with Crippen molar-refractivity contribution in [2.24, 2.45) is 0 Å². The van der Waals surface area contributed by atoms with Crippen LogP contribution in [0.4, 0.5) is 17.1 Å². The van der Waals surface area contributed by atoms with Crippen LogP contribution < -0.4 is 4.90 Å². The molecule has 0 amide bonds. The second-order valence-electron chi connectivity index (χ2n) is 15.7. The smallest absolute Gasteiger partial charge is 0.0619 e. The highest BCUT2D eigenvalue weighted by Crippen LogP contribution is 2.42. The number of rotatable bonds is 6. The number of hydrogen-bond acceptors (Lipinski definition) is 1. The van der Waals surface area contributed by atoms with E-state index in [1.54, 1.807) is 0 Å². The van der Waals surface area contributed by atoms with E-state index < -0.39 is 0 Å². The van der Waals surface area contributed by atoms with Gasteiger partial charge in [0.15, 0.2) is 0 Å². The molecule has 0 radical (unpaired) electrons. The van der Waals surface area contributed by atoms with Crippen molar-refractivity contribution in [3.05, 3.63) is 231 Å². The van der Waals surface area contributed by atoms with E-state index in [1.807, 2.05) is 0 Å². The van der Waals surface area contributed by atoms with Gasteiger partial charge in [0.25, 0.3) is 0 Å². The van der Waals surface area contributed by atoms with Crippen molar-refractivity contribution in [1.29, 1.82) is 0 Å². The number of aromatic nitrogens is 1. The Kier molecular flexibility index (Phi) is 7.89. The number of nitrogens with zero attached hydrogens (tertiary/aromatic N) is 2. The van der Waals surface area contributed by atoms with Gasteiger partial charge in [-0.15, -0.1) is 0 Å². The first-order valence-corrected chi connectivity index (χ1v) is 20.7. The Hall–Kier alpha value is -7.94. The van der Waals surface area contributed by atoms with Gasteiger partial charge >= 0.3 is 0 Å². The predicted octanol–water partition coefficient (Wildman–Crippen LogP) is 16.2.